The van der Waals surface area contributed by atoms with Crippen LogP contribution in [0.2, 0.25) is 0 Å². The van der Waals surface area contributed by atoms with Crippen LogP contribution >= 0.6 is 0 Å². The van der Waals surface area contributed by atoms with Gasteiger partial charge in [-0.1, -0.05) is 12.1 Å². The Bertz CT molecular complexity index is 366. The average Bonchev–Trinajstić information content (AvgIpc) is 2.16. The van der Waals surface area contributed by atoms with Crippen LogP contribution in [0.3, 0.4) is 0 Å². The molecule has 1 rings (SSSR count). The van der Waals surface area contributed by atoms with E-state index in [0.717, 1.165) is 0 Å². The smallest absolute Gasteiger partial charge is 0.422 e. The van der Waals surface area contributed by atoms with Crippen molar-refractivity contribution in [2.45, 2.75) is 6.18 Å². The molecule has 0 amide bonds. The van der Waals surface area contributed by atoms with E-state index in [0.29, 0.717) is 0 Å². The van der Waals surface area contributed by atoms with Crippen LogP contribution in [0.25, 0.3) is 0 Å². The molecule has 0 bridgehead atoms. The zero-order valence-corrected chi connectivity index (χ0v) is 7.26. The molecule has 0 saturated heterocycles. The van der Waals surface area contributed by atoms with E-state index in [1.807, 2.05) is 0 Å². The third-order valence-electron chi connectivity index (χ3n) is 1.35. The predicted octanol–water partition coefficient (Wildman–Crippen LogP) is 2.64. The van der Waals surface area contributed by atoms with E-state index < -0.39 is 12.7 Å². The molecule has 0 heterocycles. The molecule has 5 heteroatoms. The summed E-state index contributed by atoms with van der Waals surface area (Å²) in [6.45, 7) is -3.75. The zero-order chi connectivity index (χ0) is 12.4. The number of methoxy groups -OCH3 is 1. The molecule has 0 aliphatic carbocycles. The number of rotatable bonds is 3. The first-order valence-electron chi connectivity index (χ1n) is 4.66. The Morgan fingerprint density at radius 1 is 1.29 bits per heavy atom. The fourth-order valence-electron chi connectivity index (χ4n) is 0.816. The lowest BCUT2D eigenvalue weighted by molar-refractivity contribution is -0.153. The average molecular weight is 208 g/mol. The lowest BCUT2D eigenvalue weighted by atomic mass is 10.3. The topological polar surface area (TPSA) is 18.5 Å². The second kappa shape index (κ2) is 4.21. The highest BCUT2D eigenvalue weighted by atomic mass is 19.4. The second-order valence-corrected chi connectivity index (χ2v) is 2.35. The quantitative estimate of drug-likeness (QED) is 0.760. The second-order valence-electron chi connectivity index (χ2n) is 2.35. The van der Waals surface area contributed by atoms with E-state index in [9.17, 15) is 13.2 Å². The number of halogens is 3. The molecule has 1 aromatic carbocycles. The van der Waals surface area contributed by atoms with Gasteiger partial charge in [-0.25, -0.2) is 0 Å². The fourth-order valence-corrected chi connectivity index (χ4v) is 0.816. The molecule has 0 spiro atoms. The van der Waals surface area contributed by atoms with E-state index in [2.05, 4.69) is 4.74 Å². The van der Waals surface area contributed by atoms with Crippen molar-refractivity contribution >= 4 is 0 Å². The van der Waals surface area contributed by atoms with E-state index in [-0.39, 0.29) is 11.5 Å². The Morgan fingerprint density at radius 2 is 1.86 bits per heavy atom. The van der Waals surface area contributed by atoms with Gasteiger partial charge in [0.15, 0.2) is 18.1 Å². The highest BCUT2D eigenvalue weighted by molar-refractivity contribution is 5.39. The summed E-state index contributed by atoms with van der Waals surface area (Å²) in [5, 5.41) is 0. The van der Waals surface area contributed by atoms with Crippen LogP contribution in [-0.4, -0.2) is 19.8 Å². The van der Waals surface area contributed by atoms with Gasteiger partial charge < -0.3 is 9.47 Å². The minimum atomic E-state index is -5.10. The Kier molecular flexibility index (Phi) is 2.40. The van der Waals surface area contributed by atoms with Crippen molar-refractivity contribution in [3.05, 3.63) is 24.3 Å². The van der Waals surface area contributed by atoms with E-state index in [1.165, 1.54) is 31.4 Å². The molecule has 0 atom stereocenters. The molecule has 0 aromatic heterocycles. The van der Waals surface area contributed by atoms with Crippen LogP contribution in [0.4, 0.5) is 13.2 Å². The Morgan fingerprint density at radius 3 is 2.36 bits per heavy atom. The summed E-state index contributed by atoms with van der Waals surface area (Å²) < 4.78 is 59.2. The summed E-state index contributed by atoms with van der Waals surface area (Å²) in [6, 6.07) is 5.53. The van der Waals surface area contributed by atoms with Gasteiger partial charge in [0.1, 0.15) is 0 Å². The van der Waals surface area contributed by atoms with E-state index >= 15 is 0 Å². The molecule has 2 nitrogen and oxygen atoms in total. The third-order valence-corrected chi connectivity index (χ3v) is 1.35. The molecule has 0 fully saturated rings. The van der Waals surface area contributed by atoms with Gasteiger partial charge in [0.05, 0.1) is 9.85 Å². The maximum Gasteiger partial charge on any atom is 0.422 e. The molecule has 14 heavy (non-hydrogen) atoms. The summed E-state index contributed by atoms with van der Waals surface area (Å²) in [5.74, 6) is -0.261. The third kappa shape index (κ3) is 3.16. The van der Waals surface area contributed by atoms with Gasteiger partial charge in [-0.15, -0.1) is 0 Å². The van der Waals surface area contributed by atoms with Crippen LogP contribution < -0.4 is 9.47 Å². The van der Waals surface area contributed by atoms with Gasteiger partial charge in [-0.2, -0.15) is 13.2 Å². The minimum Gasteiger partial charge on any atom is -0.493 e. The maximum absolute atomic E-state index is 12.2. The number of alkyl halides is 3. The largest absolute Gasteiger partial charge is 0.493 e. The van der Waals surface area contributed by atoms with Crippen LogP contribution in [0.5, 0.6) is 11.5 Å². The van der Waals surface area contributed by atoms with Crippen molar-refractivity contribution in [2.75, 3.05) is 13.7 Å². The predicted molar refractivity (Wildman–Crippen MR) is 44.5 cm³/mol. The highest BCUT2D eigenvalue weighted by Gasteiger charge is 2.28. The molecule has 0 aliphatic rings. The van der Waals surface area contributed by atoms with Crippen molar-refractivity contribution in [1.82, 2.24) is 0 Å². The Hall–Kier alpha value is -1.39. The van der Waals surface area contributed by atoms with Gasteiger partial charge in [-0.05, 0) is 12.1 Å². The van der Waals surface area contributed by atoms with Gasteiger partial charge in [0.2, 0.25) is 0 Å². The fraction of sp³-hybridized carbons (Fsp3) is 0.333. The van der Waals surface area contributed by atoms with Crippen LogP contribution in [0.15, 0.2) is 24.3 Å². The lowest BCUT2D eigenvalue weighted by Gasteiger charge is -2.11. The molecular weight excluding hydrogens is 197 g/mol. The van der Waals surface area contributed by atoms with Crippen molar-refractivity contribution in [1.29, 1.82) is 0 Å². The first kappa shape index (κ1) is 7.96. The number of hydrogen-bond acceptors (Lipinski definition) is 2. The highest BCUT2D eigenvalue weighted by Crippen LogP contribution is 2.27. The molecule has 0 radical (unpaired) electrons. The SMILES string of the molecule is [2H]C([2H])(Oc1ccccc1OC)C(F)(F)F. The van der Waals surface area contributed by atoms with Gasteiger partial charge >= 0.3 is 6.18 Å². The van der Waals surface area contributed by atoms with Crippen LogP contribution in [0.1, 0.15) is 2.74 Å². The maximum atomic E-state index is 12.2. The monoisotopic (exact) mass is 208 g/mol. The summed E-state index contributed by atoms with van der Waals surface area (Å²) in [4.78, 5) is 0. The van der Waals surface area contributed by atoms with Crippen molar-refractivity contribution in [2.24, 2.45) is 0 Å². The van der Waals surface area contributed by atoms with Gasteiger partial charge in [0.25, 0.3) is 0 Å². The molecule has 0 aliphatic heterocycles. The van der Waals surface area contributed by atoms with Crippen molar-refractivity contribution in [3.8, 4) is 11.5 Å². The normalized spacial score (nSPS) is 14.3. The molecule has 78 valence electrons. The molecule has 1 aromatic rings. The van der Waals surface area contributed by atoms with Gasteiger partial charge in [-0.3, -0.25) is 0 Å². The summed E-state index contributed by atoms with van der Waals surface area (Å²) in [6.07, 6.45) is -5.10. The molecule has 0 N–H and O–H groups in total. The molecular formula is C9H9F3O2. The molecule has 0 unspecified atom stereocenters. The molecule has 0 saturated carbocycles. The van der Waals surface area contributed by atoms with Gasteiger partial charge in [0, 0.05) is 0 Å². The van der Waals surface area contributed by atoms with Crippen molar-refractivity contribution < 1.29 is 25.4 Å². The van der Waals surface area contributed by atoms with E-state index in [1.54, 1.807) is 0 Å². The standard InChI is InChI=1S/C9H9F3O2/c1-13-7-4-2-3-5-8(7)14-6-9(10,11)12/h2-5H,6H2,1H3/i6D2. The number of hydrogen-bond donors (Lipinski definition) is 0. The Balaban J connectivity index is 2.96. The van der Waals surface area contributed by atoms with Crippen LogP contribution in [-0.2, 0) is 0 Å². The van der Waals surface area contributed by atoms with Crippen LogP contribution in [0, 0.1) is 0 Å². The summed E-state index contributed by atoms with van der Waals surface area (Å²) >= 11 is 0. The first-order chi connectivity index (χ1) is 7.28. The van der Waals surface area contributed by atoms with E-state index in [4.69, 9.17) is 7.48 Å². The summed E-state index contributed by atoms with van der Waals surface area (Å²) in [5.41, 5.74) is 0. The number of ether oxygens (including phenoxy) is 2. The minimum absolute atomic E-state index is 0.0376. The zero-order valence-electron chi connectivity index (χ0n) is 9.26. The number of benzene rings is 1. The lowest BCUT2D eigenvalue weighted by Crippen LogP contribution is -2.19. The Labute approximate surface area is 82.1 Å². The summed E-state index contributed by atoms with van der Waals surface area (Å²) in [7, 11) is 1.26. The number of para-hydroxylation sites is 2. The first-order valence-corrected chi connectivity index (χ1v) is 3.66. The van der Waals surface area contributed by atoms with Crippen molar-refractivity contribution in [3.63, 3.8) is 0 Å².